The Morgan fingerprint density at radius 2 is 2.03 bits per heavy atom. The highest BCUT2D eigenvalue weighted by Gasteiger charge is 2.33. The van der Waals surface area contributed by atoms with Crippen molar-refractivity contribution < 1.29 is 4.79 Å². The molecule has 1 atom stereocenters. The van der Waals surface area contributed by atoms with E-state index in [-0.39, 0.29) is 12.1 Å². The van der Waals surface area contributed by atoms with Gasteiger partial charge in [0.05, 0.1) is 18.0 Å². The third-order valence-corrected chi connectivity index (χ3v) is 6.90. The highest BCUT2D eigenvalue weighted by atomic mass is 32.1. The molecule has 2 aliphatic heterocycles. The summed E-state index contributed by atoms with van der Waals surface area (Å²) in [6.07, 6.45) is 2.09. The molecule has 3 aromatic rings. The minimum atomic E-state index is 0.0634. The Bertz CT molecular complexity index is 1080. The van der Waals surface area contributed by atoms with Gasteiger partial charge in [0.15, 0.2) is 0 Å². The Morgan fingerprint density at radius 3 is 2.77 bits per heavy atom. The maximum absolute atomic E-state index is 12.3. The number of hydrogen-bond donors (Lipinski definition) is 1. The zero-order chi connectivity index (χ0) is 21.4. The molecule has 31 heavy (non-hydrogen) atoms. The summed E-state index contributed by atoms with van der Waals surface area (Å²) in [7, 11) is 4.08. The first-order valence-electron chi connectivity index (χ1n) is 10.9. The Hall–Kier alpha value is -2.71. The number of piperidine rings is 1. The number of aromatic nitrogens is 2. The molecule has 1 N–H and O–H groups in total. The highest BCUT2D eigenvalue weighted by molar-refractivity contribution is 7.17. The van der Waals surface area contributed by atoms with Crippen LogP contribution in [0.4, 0.5) is 10.6 Å². The number of anilines is 1. The van der Waals surface area contributed by atoms with Gasteiger partial charge in [0, 0.05) is 37.1 Å². The SMILES string of the molecule is CN(C)Cc1nc(N2CCCC(N3CCNC3=O)C2)c2c(-c3ccccc3)csc2n1. The molecule has 0 bridgehead atoms. The lowest BCUT2D eigenvalue weighted by atomic mass is 10.0. The van der Waals surface area contributed by atoms with Crippen molar-refractivity contribution in [2.24, 2.45) is 0 Å². The van der Waals surface area contributed by atoms with Gasteiger partial charge < -0.3 is 20.0 Å². The molecule has 4 heterocycles. The minimum Gasteiger partial charge on any atom is -0.354 e. The number of nitrogens with one attached hydrogen (secondary N) is 1. The molecule has 7 nitrogen and oxygen atoms in total. The Balaban J connectivity index is 1.58. The molecule has 5 rings (SSSR count). The first-order chi connectivity index (χ1) is 15.1. The molecule has 2 fully saturated rings. The number of nitrogens with zero attached hydrogens (tertiary/aromatic N) is 5. The fourth-order valence-corrected chi connectivity index (χ4v) is 5.58. The van der Waals surface area contributed by atoms with Crippen molar-refractivity contribution in [3.05, 3.63) is 41.5 Å². The summed E-state index contributed by atoms with van der Waals surface area (Å²) in [6, 6.07) is 10.8. The van der Waals surface area contributed by atoms with Crippen LogP contribution in [-0.2, 0) is 6.54 Å². The third kappa shape index (κ3) is 3.97. The lowest BCUT2D eigenvalue weighted by Crippen LogP contribution is -2.49. The van der Waals surface area contributed by atoms with Crippen molar-refractivity contribution in [2.75, 3.05) is 45.2 Å². The Labute approximate surface area is 186 Å². The van der Waals surface area contributed by atoms with E-state index in [9.17, 15) is 4.79 Å². The van der Waals surface area contributed by atoms with E-state index in [2.05, 4.69) is 44.8 Å². The van der Waals surface area contributed by atoms with Gasteiger partial charge in [-0.15, -0.1) is 11.3 Å². The molecule has 1 aromatic carbocycles. The highest BCUT2D eigenvalue weighted by Crippen LogP contribution is 2.39. The zero-order valence-electron chi connectivity index (χ0n) is 18.0. The Kier molecular flexibility index (Phi) is 5.50. The van der Waals surface area contributed by atoms with Gasteiger partial charge in [0.25, 0.3) is 0 Å². The van der Waals surface area contributed by atoms with Crippen molar-refractivity contribution in [2.45, 2.75) is 25.4 Å². The second-order valence-electron chi connectivity index (χ2n) is 8.56. The van der Waals surface area contributed by atoms with Crippen LogP contribution in [0, 0.1) is 0 Å². The summed E-state index contributed by atoms with van der Waals surface area (Å²) in [5.74, 6) is 1.85. The van der Waals surface area contributed by atoms with Crippen molar-refractivity contribution >= 4 is 33.4 Å². The van der Waals surface area contributed by atoms with Crippen LogP contribution >= 0.6 is 11.3 Å². The number of urea groups is 1. The van der Waals surface area contributed by atoms with E-state index in [4.69, 9.17) is 9.97 Å². The molecule has 2 aromatic heterocycles. The van der Waals surface area contributed by atoms with Gasteiger partial charge in [-0.1, -0.05) is 30.3 Å². The number of rotatable bonds is 5. The molecule has 2 saturated heterocycles. The first-order valence-corrected chi connectivity index (χ1v) is 11.8. The van der Waals surface area contributed by atoms with Gasteiger partial charge in [0.1, 0.15) is 16.5 Å². The van der Waals surface area contributed by atoms with Crippen LogP contribution in [-0.4, -0.2) is 72.1 Å². The van der Waals surface area contributed by atoms with Crippen LogP contribution in [0.3, 0.4) is 0 Å². The van der Waals surface area contributed by atoms with Crippen molar-refractivity contribution in [3.63, 3.8) is 0 Å². The molecular weight excluding hydrogens is 408 g/mol. The molecule has 0 spiro atoms. The molecule has 162 valence electrons. The van der Waals surface area contributed by atoms with E-state index in [1.54, 1.807) is 11.3 Å². The normalized spacial score (nSPS) is 19.5. The summed E-state index contributed by atoms with van der Waals surface area (Å²) >= 11 is 1.68. The first kappa shape index (κ1) is 20.2. The largest absolute Gasteiger partial charge is 0.354 e. The molecule has 0 saturated carbocycles. The van der Waals surface area contributed by atoms with Crippen LogP contribution in [0.1, 0.15) is 18.7 Å². The van der Waals surface area contributed by atoms with Gasteiger partial charge >= 0.3 is 6.03 Å². The van der Waals surface area contributed by atoms with E-state index >= 15 is 0 Å². The third-order valence-electron chi connectivity index (χ3n) is 6.03. The van der Waals surface area contributed by atoms with Crippen molar-refractivity contribution in [1.29, 1.82) is 0 Å². The number of carbonyl (C=O) groups excluding carboxylic acids is 1. The summed E-state index contributed by atoms with van der Waals surface area (Å²) in [5, 5.41) is 6.28. The van der Waals surface area contributed by atoms with Gasteiger partial charge in [-0.25, -0.2) is 14.8 Å². The van der Waals surface area contributed by atoms with Crippen LogP contribution < -0.4 is 10.2 Å². The summed E-state index contributed by atoms with van der Waals surface area (Å²) in [6.45, 7) is 3.99. The number of fused-ring (bicyclic) bond motifs is 1. The zero-order valence-corrected chi connectivity index (χ0v) is 18.9. The van der Waals surface area contributed by atoms with E-state index in [1.807, 2.05) is 25.1 Å². The maximum atomic E-state index is 12.3. The van der Waals surface area contributed by atoms with Crippen LogP contribution in [0.25, 0.3) is 21.3 Å². The average molecular weight is 437 g/mol. The minimum absolute atomic E-state index is 0.0634. The summed E-state index contributed by atoms with van der Waals surface area (Å²) in [5.41, 5.74) is 2.37. The van der Waals surface area contributed by atoms with E-state index in [0.29, 0.717) is 6.54 Å². The predicted octanol–water partition coefficient (Wildman–Crippen LogP) is 3.41. The van der Waals surface area contributed by atoms with Gasteiger partial charge in [-0.3, -0.25) is 0 Å². The topological polar surface area (TPSA) is 64.6 Å². The second kappa shape index (κ2) is 8.43. The van der Waals surface area contributed by atoms with Gasteiger partial charge in [-0.2, -0.15) is 0 Å². The second-order valence-corrected chi connectivity index (χ2v) is 9.42. The van der Waals surface area contributed by atoms with Crippen molar-refractivity contribution in [3.8, 4) is 11.1 Å². The number of benzene rings is 1. The molecule has 1 unspecified atom stereocenters. The van der Waals surface area contributed by atoms with Crippen molar-refractivity contribution in [1.82, 2.24) is 25.1 Å². The fourth-order valence-electron chi connectivity index (χ4n) is 4.62. The molecular formula is C23H28N6OS. The molecule has 0 radical (unpaired) electrons. The summed E-state index contributed by atoms with van der Waals surface area (Å²) in [4.78, 5) is 29.7. The quantitative estimate of drug-likeness (QED) is 0.664. The lowest BCUT2D eigenvalue weighted by Gasteiger charge is -2.38. The molecule has 2 amide bonds. The van der Waals surface area contributed by atoms with Gasteiger partial charge in [-0.05, 0) is 32.5 Å². The fraction of sp³-hybridized carbons (Fsp3) is 0.435. The van der Waals surface area contributed by atoms with E-state index < -0.39 is 0 Å². The number of thiophene rings is 1. The van der Waals surface area contributed by atoms with Gasteiger partial charge in [0.2, 0.25) is 0 Å². The Morgan fingerprint density at radius 1 is 1.19 bits per heavy atom. The standard InChI is InChI=1S/C23H28N6OS/c1-27(2)14-19-25-21(28-11-6-9-17(13-28)29-12-10-24-23(29)30)20-18(15-31-22(20)26-19)16-7-4-3-5-8-16/h3-5,7-8,15,17H,6,9-14H2,1-2H3,(H,24,30). The molecule has 8 heteroatoms. The number of amides is 2. The number of hydrogen-bond acceptors (Lipinski definition) is 6. The van der Waals surface area contributed by atoms with E-state index in [0.717, 1.165) is 60.9 Å². The van der Waals surface area contributed by atoms with Crippen LogP contribution in [0.2, 0.25) is 0 Å². The average Bonchev–Trinajstić information content (AvgIpc) is 3.39. The smallest absolute Gasteiger partial charge is 0.317 e. The molecule has 0 aliphatic carbocycles. The molecule has 2 aliphatic rings. The van der Waals surface area contributed by atoms with Crippen LogP contribution in [0.15, 0.2) is 35.7 Å². The number of carbonyl (C=O) groups is 1. The summed E-state index contributed by atoms with van der Waals surface area (Å²) < 4.78 is 0. The lowest BCUT2D eigenvalue weighted by molar-refractivity contribution is 0.189. The van der Waals surface area contributed by atoms with E-state index in [1.165, 1.54) is 11.1 Å². The monoisotopic (exact) mass is 436 g/mol. The maximum Gasteiger partial charge on any atom is 0.317 e. The predicted molar refractivity (Wildman–Crippen MR) is 126 cm³/mol. The van der Waals surface area contributed by atoms with Crippen LogP contribution in [0.5, 0.6) is 0 Å².